The lowest BCUT2D eigenvalue weighted by Crippen LogP contribution is -2.12. The molecule has 0 aliphatic carbocycles. The van der Waals surface area contributed by atoms with Crippen LogP contribution in [0.5, 0.6) is 0 Å². The normalized spacial score (nSPS) is 11.1. The quantitative estimate of drug-likeness (QED) is 0.592. The van der Waals surface area contributed by atoms with Gasteiger partial charge in [0.05, 0.1) is 11.1 Å². The van der Waals surface area contributed by atoms with E-state index in [1.165, 1.54) is 0 Å². The van der Waals surface area contributed by atoms with Gasteiger partial charge in [-0.1, -0.05) is 0 Å². The summed E-state index contributed by atoms with van der Waals surface area (Å²) in [6, 6.07) is 9.09. The maximum Gasteiger partial charge on any atom is 0.257 e. The molecule has 4 aromatic rings. The SMILES string of the molecule is Cc1[nH]nc2ccc(NC(=O)c3ccc4nncn4c3)cc12. The van der Waals surface area contributed by atoms with Gasteiger partial charge in [-0.3, -0.25) is 14.3 Å². The molecule has 0 radical (unpaired) electrons. The first-order valence-electron chi connectivity index (χ1n) is 6.76. The van der Waals surface area contributed by atoms with Gasteiger partial charge < -0.3 is 5.32 Å². The van der Waals surface area contributed by atoms with Gasteiger partial charge in [0.25, 0.3) is 5.91 Å². The summed E-state index contributed by atoms with van der Waals surface area (Å²) in [5, 5.41) is 18.7. The number of carbonyl (C=O) groups excluding carboxylic acids is 1. The van der Waals surface area contributed by atoms with Gasteiger partial charge in [0, 0.05) is 23.0 Å². The third-order valence-electron chi connectivity index (χ3n) is 3.56. The zero-order chi connectivity index (χ0) is 15.1. The number of pyridine rings is 1. The Balaban J connectivity index is 1.65. The molecule has 0 bridgehead atoms. The van der Waals surface area contributed by atoms with Gasteiger partial charge >= 0.3 is 0 Å². The van der Waals surface area contributed by atoms with Crippen molar-refractivity contribution in [2.45, 2.75) is 6.92 Å². The third-order valence-corrected chi connectivity index (χ3v) is 3.56. The van der Waals surface area contributed by atoms with Gasteiger partial charge in [-0.25, -0.2) is 0 Å². The number of benzene rings is 1. The van der Waals surface area contributed by atoms with E-state index < -0.39 is 0 Å². The van der Waals surface area contributed by atoms with Crippen LogP contribution in [0.15, 0.2) is 42.9 Å². The Kier molecular flexibility index (Phi) is 2.65. The molecule has 1 aromatic carbocycles. The van der Waals surface area contributed by atoms with Gasteiger partial charge in [0.15, 0.2) is 5.65 Å². The number of fused-ring (bicyclic) bond motifs is 2. The summed E-state index contributed by atoms with van der Waals surface area (Å²) >= 11 is 0. The maximum absolute atomic E-state index is 12.4. The van der Waals surface area contributed by atoms with Gasteiger partial charge in [0.1, 0.15) is 6.33 Å². The summed E-state index contributed by atoms with van der Waals surface area (Å²) in [7, 11) is 0. The number of aromatic amines is 1. The second-order valence-electron chi connectivity index (χ2n) is 5.05. The lowest BCUT2D eigenvalue weighted by Gasteiger charge is -2.06. The standard InChI is InChI=1S/C15H12N6O/c1-9-12-6-11(3-4-13(12)19-18-9)17-15(22)10-2-5-14-20-16-8-21(14)7-10/h2-8H,1H3,(H,17,22)(H,18,19). The van der Waals surface area contributed by atoms with Crippen LogP contribution in [-0.2, 0) is 0 Å². The Morgan fingerprint density at radius 3 is 3.09 bits per heavy atom. The molecule has 0 unspecified atom stereocenters. The predicted molar refractivity (Wildman–Crippen MR) is 81.8 cm³/mol. The Bertz CT molecular complexity index is 1000. The number of nitrogens with one attached hydrogen (secondary N) is 2. The number of carbonyl (C=O) groups is 1. The fourth-order valence-electron chi connectivity index (χ4n) is 2.38. The first-order chi connectivity index (χ1) is 10.7. The van der Waals surface area contributed by atoms with Crippen molar-refractivity contribution in [3.05, 3.63) is 54.1 Å². The van der Waals surface area contributed by atoms with E-state index in [4.69, 9.17) is 0 Å². The van der Waals surface area contributed by atoms with Crippen LogP contribution in [0.4, 0.5) is 5.69 Å². The van der Waals surface area contributed by atoms with E-state index >= 15 is 0 Å². The molecule has 22 heavy (non-hydrogen) atoms. The number of aryl methyl sites for hydroxylation is 1. The molecular weight excluding hydrogens is 280 g/mol. The van der Waals surface area contributed by atoms with Crippen LogP contribution in [0.25, 0.3) is 16.6 Å². The van der Waals surface area contributed by atoms with E-state index in [9.17, 15) is 4.79 Å². The molecule has 0 saturated heterocycles. The predicted octanol–water partition coefficient (Wildman–Crippen LogP) is 2.17. The molecular formula is C15H12N6O. The number of amides is 1. The zero-order valence-corrected chi connectivity index (χ0v) is 11.7. The second-order valence-corrected chi connectivity index (χ2v) is 5.05. The molecule has 0 saturated carbocycles. The maximum atomic E-state index is 12.4. The highest BCUT2D eigenvalue weighted by molar-refractivity contribution is 6.05. The van der Waals surface area contributed by atoms with Crippen molar-refractivity contribution in [3.8, 4) is 0 Å². The average Bonchev–Trinajstić information content (AvgIpc) is 3.13. The highest BCUT2D eigenvalue weighted by atomic mass is 16.1. The van der Waals surface area contributed by atoms with E-state index in [1.54, 1.807) is 29.1 Å². The minimum Gasteiger partial charge on any atom is -0.322 e. The smallest absolute Gasteiger partial charge is 0.257 e. The molecule has 0 atom stereocenters. The zero-order valence-electron chi connectivity index (χ0n) is 11.7. The van der Waals surface area contributed by atoms with Crippen molar-refractivity contribution in [2.24, 2.45) is 0 Å². The molecule has 4 rings (SSSR count). The van der Waals surface area contributed by atoms with E-state index in [0.717, 1.165) is 22.3 Å². The monoisotopic (exact) mass is 292 g/mol. The van der Waals surface area contributed by atoms with Crippen molar-refractivity contribution in [1.29, 1.82) is 0 Å². The average molecular weight is 292 g/mol. The molecule has 2 N–H and O–H groups in total. The number of aromatic nitrogens is 5. The van der Waals surface area contributed by atoms with Gasteiger partial charge in [-0.05, 0) is 37.3 Å². The van der Waals surface area contributed by atoms with E-state index in [-0.39, 0.29) is 5.91 Å². The number of H-pyrrole nitrogens is 1. The Morgan fingerprint density at radius 1 is 1.27 bits per heavy atom. The largest absolute Gasteiger partial charge is 0.322 e. The summed E-state index contributed by atoms with van der Waals surface area (Å²) in [5.41, 5.74) is 3.81. The molecule has 0 aliphatic rings. The van der Waals surface area contributed by atoms with Gasteiger partial charge in [0.2, 0.25) is 0 Å². The third kappa shape index (κ3) is 1.99. The van der Waals surface area contributed by atoms with Crippen LogP contribution in [-0.4, -0.2) is 30.7 Å². The van der Waals surface area contributed by atoms with E-state index in [2.05, 4.69) is 25.7 Å². The van der Waals surface area contributed by atoms with Crippen LogP contribution >= 0.6 is 0 Å². The number of anilines is 1. The topological polar surface area (TPSA) is 88.0 Å². The number of hydrogen-bond acceptors (Lipinski definition) is 4. The number of hydrogen-bond donors (Lipinski definition) is 2. The van der Waals surface area contributed by atoms with Crippen LogP contribution in [0.1, 0.15) is 16.1 Å². The molecule has 3 aromatic heterocycles. The molecule has 0 fully saturated rings. The first kappa shape index (κ1) is 12.5. The number of nitrogens with zero attached hydrogens (tertiary/aromatic N) is 4. The van der Waals surface area contributed by atoms with Gasteiger partial charge in [-0.2, -0.15) is 5.10 Å². The van der Waals surface area contributed by atoms with Crippen LogP contribution < -0.4 is 5.32 Å². The lowest BCUT2D eigenvalue weighted by atomic mass is 10.2. The minimum absolute atomic E-state index is 0.184. The van der Waals surface area contributed by atoms with Crippen LogP contribution in [0.3, 0.4) is 0 Å². The van der Waals surface area contributed by atoms with Gasteiger partial charge in [-0.15, -0.1) is 10.2 Å². The van der Waals surface area contributed by atoms with Crippen molar-refractivity contribution in [2.75, 3.05) is 5.32 Å². The molecule has 1 amide bonds. The lowest BCUT2D eigenvalue weighted by molar-refractivity contribution is 0.102. The molecule has 7 nitrogen and oxygen atoms in total. The van der Waals surface area contributed by atoms with E-state index in [0.29, 0.717) is 11.2 Å². The second kappa shape index (κ2) is 4.66. The molecule has 0 spiro atoms. The van der Waals surface area contributed by atoms with Crippen molar-refractivity contribution < 1.29 is 4.79 Å². The summed E-state index contributed by atoms with van der Waals surface area (Å²) in [6.45, 7) is 1.95. The summed E-state index contributed by atoms with van der Waals surface area (Å²) in [4.78, 5) is 12.4. The fraction of sp³-hybridized carbons (Fsp3) is 0.0667. The van der Waals surface area contributed by atoms with Crippen molar-refractivity contribution in [3.63, 3.8) is 0 Å². The number of rotatable bonds is 2. The van der Waals surface area contributed by atoms with E-state index in [1.807, 2.05) is 25.1 Å². The molecule has 3 heterocycles. The van der Waals surface area contributed by atoms with Crippen LogP contribution in [0.2, 0.25) is 0 Å². The van der Waals surface area contributed by atoms with Crippen molar-refractivity contribution in [1.82, 2.24) is 24.8 Å². The highest BCUT2D eigenvalue weighted by Gasteiger charge is 2.09. The van der Waals surface area contributed by atoms with Crippen LogP contribution in [0, 0.1) is 6.92 Å². The van der Waals surface area contributed by atoms with Crippen molar-refractivity contribution >= 4 is 28.1 Å². The Hall–Kier alpha value is -3.22. The summed E-state index contributed by atoms with van der Waals surface area (Å²) in [6.07, 6.45) is 3.26. The summed E-state index contributed by atoms with van der Waals surface area (Å²) < 4.78 is 1.71. The molecule has 0 aliphatic heterocycles. The first-order valence-corrected chi connectivity index (χ1v) is 6.76. The highest BCUT2D eigenvalue weighted by Crippen LogP contribution is 2.20. The Morgan fingerprint density at radius 2 is 2.18 bits per heavy atom. The minimum atomic E-state index is -0.184. The summed E-state index contributed by atoms with van der Waals surface area (Å²) in [5.74, 6) is -0.184. The Labute approximate surface area is 125 Å². The fourth-order valence-corrected chi connectivity index (χ4v) is 2.38. The molecule has 108 valence electrons. The molecule has 7 heteroatoms.